The third kappa shape index (κ3) is 12.8. The minimum absolute atomic E-state index is 0.00810. The van der Waals surface area contributed by atoms with E-state index in [2.05, 4.69) is 37.7 Å². The summed E-state index contributed by atoms with van der Waals surface area (Å²) in [7, 11) is 2.09. The van der Waals surface area contributed by atoms with Crippen molar-refractivity contribution in [2.75, 3.05) is 79.4 Å². The van der Waals surface area contributed by atoms with Gasteiger partial charge in [0.2, 0.25) is 12.0 Å². The van der Waals surface area contributed by atoms with Crippen molar-refractivity contribution in [1.82, 2.24) is 29.7 Å². The lowest BCUT2D eigenvalue weighted by atomic mass is 9.80. The number of halogens is 3. The van der Waals surface area contributed by atoms with Crippen LogP contribution in [0.15, 0.2) is 77.4 Å². The number of aromatic nitrogens is 4. The molecule has 1 saturated carbocycles. The van der Waals surface area contributed by atoms with Crippen LogP contribution in [0, 0.1) is 18.2 Å². The summed E-state index contributed by atoms with van der Waals surface area (Å²) in [5, 5.41) is 11.6. The summed E-state index contributed by atoms with van der Waals surface area (Å²) in [6.45, 7) is 9.55. The number of benzene rings is 2. The van der Waals surface area contributed by atoms with Gasteiger partial charge in [-0.1, -0.05) is 30.7 Å². The number of hydrogen-bond donors (Lipinski definition) is 1. The van der Waals surface area contributed by atoms with Gasteiger partial charge in [-0.3, -0.25) is 4.90 Å². The predicted molar refractivity (Wildman–Crippen MR) is 277 cm³/mol. The molecular weight excluding hydrogens is 994 g/mol. The first-order chi connectivity index (χ1) is 35.9. The summed E-state index contributed by atoms with van der Waals surface area (Å²) in [4.78, 5) is 37.8. The fraction of sp³-hybridized carbons (Fsp3) is 0.473. The van der Waals surface area contributed by atoms with E-state index in [9.17, 15) is 14.3 Å². The number of nitrogens with zero attached hydrogens (tertiary/aromatic N) is 6. The maximum absolute atomic E-state index is 15.9. The Morgan fingerprint density at radius 2 is 1.82 bits per heavy atom. The fourth-order valence-electron chi connectivity index (χ4n) is 9.81. The molecule has 19 heteroatoms. The number of fused-ring (bicyclic) bond motifs is 2. The number of alkyl halides is 1. The lowest BCUT2D eigenvalue weighted by Gasteiger charge is -2.34. The number of hydrogen-bond acceptors (Lipinski definition) is 15. The van der Waals surface area contributed by atoms with Crippen molar-refractivity contribution in [2.24, 2.45) is 0 Å². The Bertz CT molecular complexity index is 2880. The highest BCUT2D eigenvalue weighted by Gasteiger charge is 2.38. The highest BCUT2D eigenvalue weighted by molar-refractivity contribution is 7.22. The summed E-state index contributed by atoms with van der Waals surface area (Å²) >= 11 is 8.64. The standard InChI is InChI=1S/C55H61ClF2N6O9S/c1-5-43-34(3)49(56)44(6-2)72-41(27-64-21-19-63(4)20-22-64)31-70-40-11-12-45(71-28-39-15-18-59-51(62-39)36-13-16-55(58,17-14-36)32-68-30-42-29-67-23-24-69-42)37(25-40)26-46(54(65)66)73-52-48-47(43)50(74-53(48)61-33-60-52)35-7-9-38(57)10-8-35/h2,7-12,15,18,25,33,36,41-42,46H,5,13-14,16-17,19-24,26-32H2,1,3-4H3,(H,65,66)/b43-34+,49-44-/t36?,41-,42+,46-,55?/m1/s1. The number of carbonyl (C=O) groups is 1. The van der Waals surface area contributed by atoms with Crippen LogP contribution in [0.3, 0.4) is 0 Å². The molecular formula is C55H61ClF2N6O9S. The number of ether oxygens (including phenoxy) is 7. The average molecular weight is 1060 g/mol. The van der Waals surface area contributed by atoms with Crippen molar-refractivity contribution in [2.45, 2.75) is 88.9 Å². The van der Waals surface area contributed by atoms with Crippen molar-refractivity contribution in [3.05, 3.63) is 106 Å². The molecule has 0 amide bonds. The van der Waals surface area contributed by atoms with Gasteiger partial charge in [0.05, 0.1) is 49.1 Å². The number of terminal acetylenes is 1. The molecule has 15 nitrogen and oxygen atoms in total. The van der Waals surface area contributed by atoms with Crippen LogP contribution in [-0.2, 0) is 36.8 Å². The molecule has 0 spiro atoms. The zero-order valence-corrected chi connectivity index (χ0v) is 43.4. The van der Waals surface area contributed by atoms with Gasteiger partial charge in [0, 0.05) is 67.3 Å². The molecule has 9 rings (SSSR count). The van der Waals surface area contributed by atoms with Gasteiger partial charge in [-0.2, -0.15) is 0 Å². The van der Waals surface area contributed by atoms with Crippen LogP contribution in [0.25, 0.3) is 26.2 Å². The molecule has 0 unspecified atom stereocenters. The zero-order valence-electron chi connectivity index (χ0n) is 41.8. The monoisotopic (exact) mass is 1050 g/mol. The third-order valence-corrected chi connectivity index (χ3v) is 15.6. The Labute approximate surface area is 438 Å². The number of carboxylic acid groups (broad SMARTS) is 1. The van der Waals surface area contributed by atoms with Crippen molar-refractivity contribution >= 4 is 44.7 Å². The van der Waals surface area contributed by atoms with Crippen LogP contribution in [0.1, 0.15) is 74.5 Å². The number of allylic oxidation sites excluding steroid dienone is 4. The number of aliphatic carboxylic acids is 1. The average Bonchev–Trinajstić information content (AvgIpc) is 3.80. The topological polar surface area (TPSA) is 160 Å². The predicted octanol–water partition coefficient (Wildman–Crippen LogP) is 9.03. The highest BCUT2D eigenvalue weighted by Crippen LogP contribution is 2.48. The second-order valence-corrected chi connectivity index (χ2v) is 20.6. The van der Waals surface area contributed by atoms with E-state index < -0.39 is 29.7 Å². The first kappa shape index (κ1) is 53.1. The molecule has 3 aromatic heterocycles. The highest BCUT2D eigenvalue weighted by atomic mass is 35.5. The molecule has 5 aromatic rings. The van der Waals surface area contributed by atoms with E-state index >= 15 is 4.39 Å². The molecule has 1 aliphatic carbocycles. The Balaban J connectivity index is 1.03. The van der Waals surface area contributed by atoms with Crippen molar-refractivity contribution < 1.29 is 51.8 Å². The SMILES string of the molecule is C#C/C1=C(Cl)\C(C)=C(/CC)c2c(-c3ccc(F)cc3)sc3ncnc(c23)O[C@@H](C(=O)O)Cc2cc(ccc2OCc2ccnc(C3CCC(F)(COC[C@@H]4COCCO4)CC3)n2)OC[C@@H](CN2CCN(C)CC2)O1. The fourth-order valence-corrected chi connectivity index (χ4v) is 11.2. The van der Waals surface area contributed by atoms with E-state index in [1.165, 1.54) is 29.8 Å². The normalized spacial score (nSPS) is 25.5. The molecule has 0 radical (unpaired) electrons. The molecule has 3 atom stereocenters. The summed E-state index contributed by atoms with van der Waals surface area (Å²) in [6.07, 6.45) is 8.97. The summed E-state index contributed by atoms with van der Waals surface area (Å²) in [5.74, 6) is 2.56. The Hall–Kier alpha value is -5.78. The maximum atomic E-state index is 15.9. The molecule has 2 saturated heterocycles. The molecule has 74 heavy (non-hydrogen) atoms. The molecule has 1 N–H and O–H groups in total. The third-order valence-electron chi connectivity index (χ3n) is 14.0. The minimum Gasteiger partial charge on any atom is -0.490 e. The Morgan fingerprint density at radius 3 is 2.55 bits per heavy atom. The van der Waals surface area contributed by atoms with Gasteiger partial charge in [-0.05, 0) is 105 Å². The number of likely N-dealkylation sites (N-methyl/N-ethyl adjacent to an activating group) is 1. The van der Waals surface area contributed by atoms with Crippen molar-refractivity contribution in [3.63, 3.8) is 0 Å². The first-order valence-corrected chi connectivity index (χ1v) is 26.3. The number of carboxylic acids is 1. The van der Waals surface area contributed by atoms with Gasteiger partial charge < -0.3 is 43.2 Å². The van der Waals surface area contributed by atoms with Gasteiger partial charge in [0.25, 0.3) is 0 Å². The second kappa shape index (κ2) is 24.3. The minimum atomic E-state index is -1.48. The molecule has 392 valence electrons. The van der Waals surface area contributed by atoms with Crippen LogP contribution >= 0.6 is 22.9 Å². The first-order valence-electron chi connectivity index (χ1n) is 25.1. The molecule has 2 bridgehead atoms. The molecule has 3 fully saturated rings. The summed E-state index contributed by atoms with van der Waals surface area (Å²) < 4.78 is 73.2. The second-order valence-electron chi connectivity index (χ2n) is 19.2. The van der Waals surface area contributed by atoms with E-state index in [-0.39, 0.29) is 61.5 Å². The van der Waals surface area contributed by atoms with Crippen LogP contribution in [-0.4, -0.2) is 144 Å². The van der Waals surface area contributed by atoms with E-state index in [0.29, 0.717) is 114 Å². The van der Waals surface area contributed by atoms with Crippen LogP contribution in [0.2, 0.25) is 0 Å². The van der Waals surface area contributed by atoms with E-state index in [1.54, 1.807) is 42.6 Å². The maximum Gasteiger partial charge on any atom is 0.345 e. The molecule has 4 aliphatic rings. The van der Waals surface area contributed by atoms with Gasteiger partial charge in [0.15, 0.2) is 5.76 Å². The molecule has 6 heterocycles. The van der Waals surface area contributed by atoms with E-state index in [1.807, 2.05) is 13.8 Å². The quantitative estimate of drug-likeness (QED) is 0.111. The van der Waals surface area contributed by atoms with Gasteiger partial charge in [-0.15, -0.1) is 17.8 Å². The Morgan fingerprint density at radius 1 is 1.03 bits per heavy atom. The zero-order chi connectivity index (χ0) is 51.8. The van der Waals surface area contributed by atoms with Gasteiger partial charge >= 0.3 is 5.97 Å². The molecule has 3 aliphatic heterocycles. The van der Waals surface area contributed by atoms with Crippen LogP contribution in [0.4, 0.5) is 8.78 Å². The van der Waals surface area contributed by atoms with Crippen LogP contribution in [0.5, 0.6) is 17.4 Å². The van der Waals surface area contributed by atoms with Gasteiger partial charge in [0.1, 0.15) is 65.4 Å². The smallest absolute Gasteiger partial charge is 0.345 e. The van der Waals surface area contributed by atoms with Crippen molar-refractivity contribution in [1.29, 1.82) is 0 Å². The van der Waals surface area contributed by atoms with E-state index in [4.69, 9.17) is 56.2 Å². The number of thiophene rings is 1. The van der Waals surface area contributed by atoms with Crippen molar-refractivity contribution in [3.8, 4) is 40.2 Å². The lowest BCUT2D eigenvalue weighted by Crippen LogP contribution is -2.48. The lowest BCUT2D eigenvalue weighted by molar-refractivity contribution is -0.145. The Kier molecular flexibility index (Phi) is 17.4. The van der Waals surface area contributed by atoms with Crippen LogP contribution < -0.4 is 14.2 Å². The largest absolute Gasteiger partial charge is 0.490 e. The van der Waals surface area contributed by atoms with E-state index in [0.717, 1.165) is 36.6 Å². The molecule has 2 aromatic carbocycles. The summed E-state index contributed by atoms with van der Waals surface area (Å²) in [6, 6.07) is 13.1. The summed E-state index contributed by atoms with van der Waals surface area (Å²) in [5.41, 5.74) is 2.31. The number of rotatable bonds is 13. The number of piperazine rings is 1. The van der Waals surface area contributed by atoms with Gasteiger partial charge in [-0.25, -0.2) is 33.5 Å².